The Morgan fingerprint density at radius 2 is 1.55 bits per heavy atom. The Kier molecular flexibility index (Phi) is 8.68. The Bertz CT molecular complexity index is 890. The van der Waals surface area contributed by atoms with E-state index in [0.717, 1.165) is 0 Å². The van der Waals surface area contributed by atoms with Gasteiger partial charge in [0.2, 0.25) is 5.75 Å². The number of amides is 2. The molecule has 2 amide bonds. The Balaban J connectivity index is 1.92. The van der Waals surface area contributed by atoms with E-state index in [2.05, 4.69) is 5.32 Å². The van der Waals surface area contributed by atoms with Gasteiger partial charge in [-0.05, 0) is 31.2 Å². The van der Waals surface area contributed by atoms with E-state index in [-0.39, 0.29) is 11.5 Å². The Morgan fingerprint density at radius 1 is 0.935 bits per heavy atom. The van der Waals surface area contributed by atoms with E-state index in [4.69, 9.17) is 18.9 Å². The molecule has 9 nitrogen and oxygen atoms in total. The minimum atomic E-state index is -0.738. The first-order valence-corrected chi connectivity index (χ1v) is 9.54. The molecular weight excluding hydrogens is 404 g/mol. The monoisotopic (exact) mass is 430 g/mol. The summed E-state index contributed by atoms with van der Waals surface area (Å²) in [4.78, 5) is 38.3. The van der Waals surface area contributed by atoms with Crippen LogP contribution in [-0.4, -0.2) is 58.8 Å². The molecule has 0 heterocycles. The highest BCUT2D eigenvalue weighted by Gasteiger charge is 2.19. The van der Waals surface area contributed by atoms with Crippen LogP contribution in [0.5, 0.6) is 17.2 Å². The van der Waals surface area contributed by atoms with Crippen LogP contribution in [0.25, 0.3) is 0 Å². The van der Waals surface area contributed by atoms with Crippen LogP contribution in [0, 0.1) is 0 Å². The summed E-state index contributed by atoms with van der Waals surface area (Å²) in [6.07, 6.45) is 0. The molecule has 0 aliphatic carbocycles. The van der Waals surface area contributed by atoms with Crippen molar-refractivity contribution < 1.29 is 33.3 Å². The number of hydrogen-bond acceptors (Lipinski definition) is 7. The van der Waals surface area contributed by atoms with Gasteiger partial charge in [-0.15, -0.1) is 0 Å². The summed E-state index contributed by atoms with van der Waals surface area (Å²) in [5.41, 5.74) is 0.918. The molecule has 0 saturated heterocycles. The lowest BCUT2D eigenvalue weighted by atomic mass is 10.1. The Morgan fingerprint density at radius 3 is 2.06 bits per heavy atom. The summed E-state index contributed by atoms with van der Waals surface area (Å²) in [6, 6.07) is 12.0. The quantitative estimate of drug-likeness (QED) is 0.575. The number of nitrogens with one attached hydrogen (secondary N) is 1. The Labute approximate surface area is 180 Å². The van der Waals surface area contributed by atoms with Crippen LogP contribution in [0.4, 0.5) is 5.69 Å². The minimum absolute atomic E-state index is 0.208. The second-order valence-electron chi connectivity index (χ2n) is 6.23. The molecule has 0 spiro atoms. The normalized spacial score (nSPS) is 10.1. The first-order chi connectivity index (χ1) is 14.9. The molecule has 2 aromatic rings. The van der Waals surface area contributed by atoms with Crippen LogP contribution in [0.15, 0.2) is 42.5 Å². The topological polar surface area (TPSA) is 103 Å². The number of likely N-dealkylation sites (N-methyl/N-ethyl adjacent to an activating group) is 1. The lowest BCUT2D eigenvalue weighted by Gasteiger charge is -2.20. The number of nitrogens with zero attached hydrogens (tertiary/aromatic N) is 1. The average Bonchev–Trinajstić information content (AvgIpc) is 2.81. The predicted octanol–water partition coefficient (Wildman–Crippen LogP) is 2.04. The van der Waals surface area contributed by atoms with Gasteiger partial charge in [0, 0.05) is 17.8 Å². The molecule has 0 bridgehead atoms. The average molecular weight is 430 g/mol. The van der Waals surface area contributed by atoms with Crippen molar-refractivity contribution in [1.82, 2.24) is 5.32 Å². The van der Waals surface area contributed by atoms with Gasteiger partial charge in [0.15, 0.2) is 18.1 Å². The van der Waals surface area contributed by atoms with Crippen LogP contribution >= 0.6 is 0 Å². The fourth-order valence-electron chi connectivity index (χ4n) is 2.85. The van der Waals surface area contributed by atoms with Crippen LogP contribution in [0.1, 0.15) is 17.3 Å². The van der Waals surface area contributed by atoms with Crippen LogP contribution in [-0.2, 0) is 14.3 Å². The summed E-state index contributed by atoms with van der Waals surface area (Å²) in [5.74, 6) is -0.682. The number of hydrogen-bond donors (Lipinski definition) is 1. The summed E-state index contributed by atoms with van der Waals surface area (Å²) in [7, 11) is 4.32. The predicted molar refractivity (Wildman–Crippen MR) is 114 cm³/mol. The molecule has 2 aromatic carbocycles. The third-order valence-corrected chi connectivity index (χ3v) is 4.36. The van der Waals surface area contributed by atoms with Gasteiger partial charge in [-0.1, -0.05) is 18.2 Å². The number of ether oxygens (including phenoxy) is 4. The molecular formula is C22H26N2O7. The van der Waals surface area contributed by atoms with E-state index in [0.29, 0.717) is 29.5 Å². The maximum atomic E-state index is 12.4. The smallest absolute Gasteiger partial charge is 0.325 e. The second kappa shape index (κ2) is 11.4. The van der Waals surface area contributed by atoms with E-state index in [1.165, 1.54) is 38.4 Å². The van der Waals surface area contributed by atoms with Crippen LogP contribution in [0.3, 0.4) is 0 Å². The molecule has 0 fully saturated rings. The number of anilines is 1. The molecule has 0 radical (unpaired) electrons. The van der Waals surface area contributed by atoms with Crippen molar-refractivity contribution >= 4 is 23.5 Å². The van der Waals surface area contributed by atoms with E-state index in [1.54, 1.807) is 12.1 Å². The van der Waals surface area contributed by atoms with Gasteiger partial charge < -0.3 is 29.2 Å². The van der Waals surface area contributed by atoms with Crippen molar-refractivity contribution in [3.05, 3.63) is 48.0 Å². The zero-order valence-corrected chi connectivity index (χ0v) is 18.0. The van der Waals surface area contributed by atoms with Crippen molar-refractivity contribution in [3.63, 3.8) is 0 Å². The van der Waals surface area contributed by atoms with Crippen molar-refractivity contribution in [3.8, 4) is 17.2 Å². The Hall–Kier alpha value is -3.75. The van der Waals surface area contributed by atoms with Crippen molar-refractivity contribution in [2.45, 2.75) is 6.92 Å². The highest BCUT2D eigenvalue weighted by atomic mass is 16.5. The van der Waals surface area contributed by atoms with Gasteiger partial charge in [-0.3, -0.25) is 14.4 Å². The molecule has 0 atom stereocenters. The highest BCUT2D eigenvalue weighted by Crippen LogP contribution is 2.38. The van der Waals surface area contributed by atoms with Crippen molar-refractivity contribution in [2.24, 2.45) is 0 Å². The van der Waals surface area contributed by atoms with Gasteiger partial charge in [-0.2, -0.15) is 0 Å². The highest BCUT2D eigenvalue weighted by molar-refractivity contribution is 5.98. The SMILES string of the molecule is CCN(C(=O)COC(=O)CNC(=O)c1cc(OC)c(OC)c(OC)c1)c1ccccc1. The van der Waals surface area contributed by atoms with Crippen molar-refractivity contribution in [1.29, 1.82) is 0 Å². The number of rotatable bonds is 10. The zero-order chi connectivity index (χ0) is 22.8. The third-order valence-electron chi connectivity index (χ3n) is 4.36. The third kappa shape index (κ3) is 6.11. The number of benzene rings is 2. The number of para-hydroxylation sites is 1. The zero-order valence-electron chi connectivity index (χ0n) is 18.0. The van der Waals surface area contributed by atoms with E-state index in [1.807, 2.05) is 25.1 Å². The standard InChI is InChI=1S/C22H26N2O7/c1-5-24(16-9-7-6-8-10-16)19(25)14-31-20(26)13-23-22(27)15-11-17(28-2)21(30-4)18(12-15)29-3/h6-12H,5,13-14H2,1-4H3,(H,23,27). The molecule has 0 saturated carbocycles. The van der Waals surface area contributed by atoms with Gasteiger partial charge in [0.1, 0.15) is 6.54 Å². The van der Waals surface area contributed by atoms with Crippen LogP contribution in [0.2, 0.25) is 0 Å². The summed E-state index contributed by atoms with van der Waals surface area (Å²) < 4.78 is 20.6. The molecule has 0 aromatic heterocycles. The van der Waals surface area contributed by atoms with E-state index in [9.17, 15) is 14.4 Å². The summed E-state index contributed by atoms with van der Waals surface area (Å²) >= 11 is 0. The van der Waals surface area contributed by atoms with Gasteiger partial charge in [0.05, 0.1) is 21.3 Å². The van der Waals surface area contributed by atoms with Gasteiger partial charge in [-0.25, -0.2) is 0 Å². The summed E-state index contributed by atoms with van der Waals surface area (Å²) in [5, 5.41) is 2.45. The number of carbonyl (C=O) groups is 3. The molecule has 9 heteroatoms. The first kappa shape index (κ1) is 23.5. The number of methoxy groups -OCH3 is 3. The fourth-order valence-corrected chi connectivity index (χ4v) is 2.85. The number of esters is 1. The molecule has 166 valence electrons. The van der Waals surface area contributed by atoms with Gasteiger partial charge >= 0.3 is 5.97 Å². The first-order valence-electron chi connectivity index (χ1n) is 9.54. The molecule has 2 rings (SSSR count). The lowest BCUT2D eigenvalue weighted by molar-refractivity contribution is -0.146. The van der Waals surface area contributed by atoms with Crippen LogP contribution < -0.4 is 24.4 Å². The fraction of sp³-hybridized carbons (Fsp3) is 0.318. The van der Waals surface area contributed by atoms with Crippen molar-refractivity contribution in [2.75, 3.05) is 45.9 Å². The van der Waals surface area contributed by atoms with Gasteiger partial charge in [0.25, 0.3) is 11.8 Å². The largest absolute Gasteiger partial charge is 0.493 e. The molecule has 0 unspecified atom stereocenters. The maximum Gasteiger partial charge on any atom is 0.325 e. The number of carbonyl (C=O) groups excluding carboxylic acids is 3. The summed E-state index contributed by atoms with van der Waals surface area (Å²) in [6.45, 7) is 1.42. The van der Waals surface area contributed by atoms with E-state index < -0.39 is 25.0 Å². The second-order valence-corrected chi connectivity index (χ2v) is 6.23. The lowest BCUT2D eigenvalue weighted by Crippen LogP contribution is -2.36. The molecule has 1 N–H and O–H groups in total. The molecule has 0 aliphatic heterocycles. The molecule has 31 heavy (non-hydrogen) atoms. The molecule has 0 aliphatic rings. The van der Waals surface area contributed by atoms with E-state index >= 15 is 0 Å². The maximum absolute atomic E-state index is 12.4. The minimum Gasteiger partial charge on any atom is -0.493 e.